The van der Waals surface area contributed by atoms with Crippen LogP contribution in [0.2, 0.25) is 0 Å². The number of nitrogens with zero attached hydrogens (tertiary/aromatic N) is 1. The summed E-state index contributed by atoms with van der Waals surface area (Å²) < 4.78 is 11.6. The van der Waals surface area contributed by atoms with Crippen LogP contribution in [0.15, 0.2) is 24.3 Å². The van der Waals surface area contributed by atoms with Crippen LogP contribution in [0, 0.1) is 0 Å². The van der Waals surface area contributed by atoms with Crippen molar-refractivity contribution in [2.75, 3.05) is 26.2 Å². The molecule has 3 amide bonds. The van der Waals surface area contributed by atoms with E-state index in [1.54, 1.807) is 0 Å². The lowest BCUT2D eigenvalue weighted by atomic mass is 9.88. The highest BCUT2D eigenvalue weighted by Gasteiger charge is 2.51. The van der Waals surface area contributed by atoms with Crippen molar-refractivity contribution in [1.29, 1.82) is 0 Å². The van der Waals surface area contributed by atoms with Crippen LogP contribution in [0.3, 0.4) is 0 Å². The minimum Gasteiger partial charge on any atom is -0.486 e. The summed E-state index contributed by atoms with van der Waals surface area (Å²) in [5.41, 5.74) is -0.709. The fourth-order valence-corrected chi connectivity index (χ4v) is 3.55. The smallest absolute Gasteiger partial charge is 0.325 e. The van der Waals surface area contributed by atoms with Crippen LogP contribution in [-0.4, -0.2) is 54.7 Å². The van der Waals surface area contributed by atoms with Gasteiger partial charge in [-0.1, -0.05) is 12.1 Å². The maximum atomic E-state index is 12.7. The van der Waals surface area contributed by atoms with Crippen molar-refractivity contribution in [1.82, 2.24) is 15.5 Å². The van der Waals surface area contributed by atoms with Crippen LogP contribution in [0.1, 0.15) is 19.3 Å². The fraction of sp³-hybridized carbons (Fsp3) is 0.529. The van der Waals surface area contributed by atoms with E-state index in [4.69, 9.17) is 9.47 Å². The summed E-state index contributed by atoms with van der Waals surface area (Å²) in [5, 5.41) is 6.12. The molecule has 1 atom stereocenters. The number of amides is 3. The highest BCUT2D eigenvalue weighted by molar-refractivity contribution is 6.07. The quantitative estimate of drug-likeness (QED) is 0.804. The normalized spacial score (nSPS) is 25.0. The van der Waals surface area contributed by atoms with E-state index >= 15 is 0 Å². The zero-order valence-electron chi connectivity index (χ0n) is 13.4. The lowest BCUT2D eigenvalue weighted by Crippen LogP contribution is -2.54. The van der Waals surface area contributed by atoms with Crippen LogP contribution < -0.4 is 20.1 Å². The third kappa shape index (κ3) is 2.58. The first-order valence-corrected chi connectivity index (χ1v) is 8.41. The van der Waals surface area contributed by atoms with Gasteiger partial charge in [-0.15, -0.1) is 0 Å². The highest BCUT2D eigenvalue weighted by atomic mass is 16.6. The number of imide groups is 1. The minimum atomic E-state index is -0.709. The Bertz CT molecular complexity index is 657. The lowest BCUT2D eigenvalue weighted by molar-refractivity contribution is -0.132. The van der Waals surface area contributed by atoms with E-state index in [1.165, 1.54) is 4.90 Å². The number of hydrogen-bond acceptors (Lipinski definition) is 5. The SMILES string of the molecule is O=C1NC2(CCNCC2)C(=O)N1CCC1COc2ccccc2O1. The molecule has 128 valence electrons. The summed E-state index contributed by atoms with van der Waals surface area (Å²) in [4.78, 5) is 26.3. The van der Waals surface area contributed by atoms with Gasteiger partial charge < -0.3 is 20.1 Å². The molecule has 1 aromatic rings. The molecule has 2 saturated heterocycles. The molecule has 0 bridgehead atoms. The molecule has 0 aromatic heterocycles. The van der Waals surface area contributed by atoms with E-state index in [1.807, 2.05) is 24.3 Å². The second-order valence-corrected chi connectivity index (χ2v) is 6.51. The van der Waals surface area contributed by atoms with Crippen LogP contribution in [0.5, 0.6) is 11.5 Å². The molecule has 0 aliphatic carbocycles. The van der Waals surface area contributed by atoms with Gasteiger partial charge in [-0.05, 0) is 38.1 Å². The molecule has 2 fully saturated rings. The zero-order chi connectivity index (χ0) is 16.6. The van der Waals surface area contributed by atoms with Crippen molar-refractivity contribution in [3.63, 3.8) is 0 Å². The third-order valence-corrected chi connectivity index (χ3v) is 4.95. The molecule has 1 spiro atoms. The van der Waals surface area contributed by atoms with Crippen molar-refractivity contribution in [3.05, 3.63) is 24.3 Å². The number of para-hydroxylation sites is 2. The molecule has 3 aliphatic heterocycles. The molecule has 3 heterocycles. The van der Waals surface area contributed by atoms with Gasteiger partial charge in [0, 0.05) is 13.0 Å². The number of ether oxygens (including phenoxy) is 2. The minimum absolute atomic E-state index is 0.105. The largest absolute Gasteiger partial charge is 0.486 e. The Morgan fingerprint density at radius 2 is 1.92 bits per heavy atom. The average Bonchev–Trinajstić information content (AvgIpc) is 2.83. The Kier molecular flexibility index (Phi) is 3.80. The molecule has 2 N–H and O–H groups in total. The van der Waals surface area contributed by atoms with Crippen molar-refractivity contribution in [3.8, 4) is 11.5 Å². The van der Waals surface area contributed by atoms with Crippen LogP contribution >= 0.6 is 0 Å². The molecule has 1 aromatic carbocycles. The third-order valence-electron chi connectivity index (χ3n) is 4.95. The molecule has 0 saturated carbocycles. The number of piperidine rings is 1. The van der Waals surface area contributed by atoms with Crippen molar-refractivity contribution < 1.29 is 19.1 Å². The average molecular weight is 331 g/mol. The van der Waals surface area contributed by atoms with E-state index in [0.717, 1.165) is 18.8 Å². The Morgan fingerprint density at radius 1 is 1.17 bits per heavy atom. The molecule has 1 unspecified atom stereocenters. The van der Waals surface area contributed by atoms with Gasteiger partial charge in [-0.25, -0.2) is 4.79 Å². The van der Waals surface area contributed by atoms with E-state index in [2.05, 4.69) is 10.6 Å². The summed E-state index contributed by atoms with van der Waals surface area (Å²) in [6, 6.07) is 7.22. The molecule has 0 radical (unpaired) electrons. The zero-order valence-corrected chi connectivity index (χ0v) is 13.4. The summed E-state index contributed by atoms with van der Waals surface area (Å²) in [6.45, 7) is 2.26. The topological polar surface area (TPSA) is 79.9 Å². The van der Waals surface area contributed by atoms with Gasteiger partial charge in [0.05, 0.1) is 0 Å². The Hall–Kier alpha value is -2.28. The molecular weight excluding hydrogens is 310 g/mol. The van der Waals surface area contributed by atoms with Gasteiger partial charge in [0.25, 0.3) is 5.91 Å². The lowest BCUT2D eigenvalue weighted by Gasteiger charge is -2.31. The second kappa shape index (κ2) is 5.98. The Morgan fingerprint density at radius 3 is 2.71 bits per heavy atom. The van der Waals surface area contributed by atoms with Gasteiger partial charge in [-0.3, -0.25) is 9.69 Å². The summed E-state index contributed by atoms with van der Waals surface area (Å²) >= 11 is 0. The first-order valence-electron chi connectivity index (χ1n) is 8.41. The van der Waals surface area contributed by atoms with Crippen LogP contribution in [0.25, 0.3) is 0 Å². The molecule has 24 heavy (non-hydrogen) atoms. The van der Waals surface area contributed by atoms with Gasteiger partial charge >= 0.3 is 6.03 Å². The second-order valence-electron chi connectivity index (χ2n) is 6.51. The monoisotopic (exact) mass is 331 g/mol. The van der Waals surface area contributed by atoms with E-state index in [9.17, 15) is 9.59 Å². The van der Waals surface area contributed by atoms with Crippen LogP contribution in [0.4, 0.5) is 4.79 Å². The number of hydrogen-bond donors (Lipinski definition) is 2. The van der Waals surface area contributed by atoms with E-state index in [0.29, 0.717) is 38.2 Å². The molecule has 7 heteroatoms. The van der Waals surface area contributed by atoms with Gasteiger partial charge in [0.2, 0.25) is 0 Å². The fourth-order valence-electron chi connectivity index (χ4n) is 3.55. The molecular formula is C17H21N3O4. The Labute approximate surface area is 140 Å². The summed E-state index contributed by atoms with van der Waals surface area (Å²) in [7, 11) is 0. The highest BCUT2D eigenvalue weighted by Crippen LogP contribution is 2.32. The van der Waals surface area contributed by atoms with E-state index in [-0.39, 0.29) is 18.0 Å². The van der Waals surface area contributed by atoms with Crippen LogP contribution in [-0.2, 0) is 4.79 Å². The number of urea groups is 1. The number of rotatable bonds is 3. The number of nitrogens with one attached hydrogen (secondary N) is 2. The predicted molar refractivity (Wildman–Crippen MR) is 86.0 cm³/mol. The summed E-state index contributed by atoms with van der Waals surface area (Å²) in [6.07, 6.45) is 1.68. The maximum absolute atomic E-state index is 12.7. The number of fused-ring (bicyclic) bond motifs is 1. The standard InChI is InChI=1S/C17H21N3O4/c21-15-17(6-8-18-9-7-17)19-16(22)20(15)10-5-12-11-23-13-3-1-2-4-14(13)24-12/h1-4,12,18H,5-11H2,(H,19,22). The van der Waals surface area contributed by atoms with Gasteiger partial charge in [0.1, 0.15) is 18.2 Å². The molecule has 7 nitrogen and oxygen atoms in total. The van der Waals surface area contributed by atoms with Gasteiger partial charge in [0.15, 0.2) is 11.5 Å². The van der Waals surface area contributed by atoms with Crippen molar-refractivity contribution >= 4 is 11.9 Å². The molecule has 3 aliphatic rings. The molecule has 4 rings (SSSR count). The maximum Gasteiger partial charge on any atom is 0.325 e. The van der Waals surface area contributed by atoms with Gasteiger partial charge in [-0.2, -0.15) is 0 Å². The van der Waals surface area contributed by atoms with E-state index < -0.39 is 5.54 Å². The number of carbonyl (C=O) groups excluding carboxylic acids is 2. The Balaban J connectivity index is 1.38. The predicted octanol–water partition coefficient (Wildman–Crippen LogP) is 0.890. The first kappa shape index (κ1) is 15.3. The number of carbonyl (C=O) groups is 2. The summed E-state index contributed by atoms with van der Waals surface area (Å²) in [5.74, 6) is 1.34. The number of benzene rings is 1. The van der Waals surface area contributed by atoms with Crippen molar-refractivity contribution in [2.24, 2.45) is 0 Å². The first-order chi connectivity index (χ1) is 11.7. The van der Waals surface area contributed by atoms with Crippen molar-refractivity contribution in [2.45, 2.75) is 30.9 Å².